The number of nitrogens with one attached hydrogen (secondary N) is 3. The van der Waals surface area contributed by atoms with Crippen molar-refractivity contribution in [2.45, 2.75) is 11.4 Å². The van der Waals surface area contributed by atoms with Crippen LogP contribution in [0.4, 0.5) is 5.69 Å². The number of pyridine rings is 1. The maximum atomic E-state index is 12.3. The van der Waals surface area contributed by atoms with Crippen molar-refractivity contribution < 1.29 is 11.0 Å². The van der Waals surface area contributed by atoms with Crippen LogP contribution in [0.1, 0.15) is 16.7 Å². The molecule has 0 aliphatic carbocycles. The molecule has 8 heteroatoms. The molecular formula is C19H22N4O3S. The van der Waals surface area contributed by atoms with Gasteiger partial charge in [-0.05, 0) is 35.7 Å². The van der Waals surface area contributed by atoms with Crippen LogP contribution in [0.5, 0.6) is 0 Å². The predicted octanol–water partition coefficient (Wildman–Crippen LogP) is 1.72. The highest BCUT2D eigenvalue weighted by Crippen LogP contribution is 2.17. The summed E-state index contributed by atoms with van der Waals surface area (Å²) in [6.07, 6.45) is 1.56. The van der Waals surface area contributed by atoms with Crippen LogP contribution in [0.3, 0.4) is 0 Å². The van der Waals surface area contributed by atoms with Crippen molar-refractivity contribution >= 4 is 23.3 Å². The summed E-state index contributed by atoms with van der Waals surface area (Å²) in [6, 6.07) is 18.9. The van der Waals surface area contributed by atoms with Crippen molar-refractivity contribution in [1.82, 2.24) is 4.98 Å². The Balaban J connectivity index is 0.00000182. The zero-order chi connectivity index (χ0) is 17.6. The van der Waals surface area contributed by atoms with Crippen molar-refractivity contribution in [1.29, 1.82) is 5.41 Å². The Morgan fingerprint density at radius 2 is 1.70 bits per heavy atom. The third-order valence-corrected chi connectivity index (χ3v) is 4.37. The van der Waals surface area contributed by atoms with Gasteiger partial charge in [-0.25, -0.2) is 0 Å². The molecular weight excluding hydrogens is 364 g/mol. The average Bonchev–Trinajstić information content (AvgIpc) is 2.67. The highest BCUT2D eigenvalue weighted by Gasteiger charge is 2.13. The minimum Gasteiger partial charge on any atom is -0.412 e. The van der Waals surface area contributed by atoms with E-state index in [0.29, 0.717) is 23.5 Å². The van der Waals surface area contributed by atoms with E-state index < -0.39 is 0 Å². The zero-order valence-electron chi connectivity index (χ0n) is 14.5. The second-order valence-electron chi connectivity index (χ2n) is 5.45. The van der Waals surface area contributed by atoms with Gasteiger partial charge in [0, 0.05) is 28.8 Å². The summed E-state index contributed by atoms with van der Waals surface area (Å²) >= 11 is 1.19. The Morgan fingerprint density at radius 1 is 1.04 bits per heavy atom. The Hall–Kier alpha value is -2.91. The van der Waals surface area contributed by atoms with Crippen molar-refractivity contribution in [3.63, 3.8) is 0 Å². The van der Waals surface area contributed by atoms with Crippen LogP contribution in [0.15, 0.2) is 76.6 Å². The standard InChI is InChI=1S/C19H18N4OS.2H2O/c20-17(14-4-2-1-3-5-14)16-10-11-22-19(24)18(16)23-12-13-6-8-15(25-21)9-7-13;;/h1-11,20,23H,12,21H2,(H,22,24);2*1H2. The maximum absolute atomic E-state index is 12.3. The molecule has 1 aromatic heterocycles. The minimum absolute atomic E-state index is 0. The molecule has 0 amide bonds. The van der Waals surface area contributed by atoms with Crippen LogP contribution in [-0.2, 0) is 6.54 Å². The number of hydrogen-bond acceptors (Lipinski definition) is 5. The number of aromatic amines is 1. The molecule has 0 aliphatic heterocycles. The topological polar surface area (TPSA) is 158 Å². The number of benzene rings is 2. The number of hydrogen-bond donors (Lipinski definition) is 4. The normalized spacial score (nSPS) is 9.67. The molecule has 9 N–H and O–H groups in total. The van der Waals surface area contributed by atoms with Gasteiger partial charge in [0.25, 0.3) is 5.56 Å². The monoisotopic (exact) mass is 386 g/mol. The SMILES string of the molecule is N=C(c1ccccc1)c1cc[nH]c(=O)c1NCc1ccc(SN)cc1.O.O. The molecule has 0 aliphatic rings. The number of nitrogens with two attached hydrogens (primary N) is 1. The number of anilines is 1. The second kappa shape index (κ2) is 10.3. The fourth-order valence-electron chi connectivity index (χ4n) is 2.50. The Bertz CT molecular complexity index is 928. The third-order valence-electron chi connectivity index (χ3n) is 3.82. The van der Waals surface area contributed by atoms with E-state index in [2.05, 4.69) is 10.3 Å². The first-order valence-corrected chi connectivity index (χ1v) is 8.62. The fourth-order valence-corrected chi connectivity index (χ4v) is 2.79. The van der Waals surface area contributed by atoms with Crippen LogP contribution < -0.4 is 16.0 Å². The lowest BCUT2D eigenvalue weighted by atomic mass is 10.0. The summed E-state index contributed by atoms with van der Waals surface area (Å²) in [5.74, 6) is 0. The highest BCUT2D eigenvalue weighted by molar-refractivity contribution is 7.97. The summed E-state index contributed by atoms with van der Waals surface area (Å²) in [5, 5.41) is 17.1. The number of rotatable bonds is 6. The van der Waals surface area contributed by atoms with E-state index in [1.54, 1.807) is 12.3 Å². The molecule has 0 saturated heterocycles. The molecule has 0 radical (unpaired) electrons. The molecule has 0 bridgehead atoms. The van der Waals surface area contributed by atoms with Crippen molar-refractivity contribution in [3.05, 3.63) is 93.9 Å². The molecule has 2 aromatic carbocycles. The van der Waals surface area contributed by atoms with Crippen molar-refractivity contribution in [2.24, 2.45) is 5.14 Å². The van der Waals surface area contributed by atoms with E-state index in [1.807, 2.05) is 54.6 Å². The van der Waals surface area contributed by atoms with Gasteiger partial charge in [0.15, 0.2) is 0 Å². The second-order valence-corrected chi connectivity index (χ2v) is 6.16. The van der Waals surface area contributed by atoms with Gasteiger partial charge in [-0.2, -0.15) is 0 Å². The Kier molecular flexibility index (Phi) is 8.43. The summed E-state index contributed by atoms with van der Waals surface area (Å²) in [7, 11) is 0. The van der Waals surface area contributed by atoms with Gasteiger partial charge in [0.05, 0.1) is 5.71 Å². The largest absolute Gasteiger partial charge is 0.412 e. The van der Waals surface area contributed by atoms with Crippen molar-refractivity contribution in [3.8, 4) is 0 Å². The molecule has 0 atom stereocenters. The average molecular weight is 386 g/mol. The number of H-pyrrole nitrogens is 1. The first kappa shape index (κ1) is 22.1. The molecule has 0 saturated carbocycles. The van der Waals surface area contributed by atoms with Gasteiger partial charge in [-0.1, -0.05) is 42.5 Å². The molecule has 142 valence electrons. The van der Waals surface area contributed by atoms with Crippen LogP contribution in [0, 0.1) is 5.41 Å². The number of aromatic nitrogens is 1. The molecule has 0 fully saturated rings. The first-order chi connectivity index (χ1) is 12.2. The first-order valence-electron chi connectivity index (χ1n) is 7.74. The molecule has 0 spiro atoms. The summed E-state index contributed by atoms with van der Waals surface area (Å²) < 4.78 is 0. The van der Waals surface area contributed by atoms with Gasteiger partial charge in [0.2, 0.25) is 0 Å². The predicted molar refractivity (Wildman–Crippen MR) is 110 cm³/mol. The van der Waals surface area contributed by atoms with Crippen molar-refractivity contribution in [2.75, 3.05) is 5.32 Å². The van der Waals surface area contributed by atoms with E-state index in [4.69, 9.17) is 10.5 Å². The van der Waals surface area contributed by atoms with E-state index in [0.717, 1.165) is 16.0 Å². The lowest BCUT2D eigenvalue weighted by Crippen LogP contribution is -2.19. The third kappa shape index (κ3) is 5.28. The zero-order valence-corrected chi connectivity index (χ0v) is 15.3. The molecule has 7 nitrogen and oxygen atoms in total. The lowest BCUT2D eigenvalue weighted by Gasteiger charge is -2.12. The van der Waals surface area contributed by atoms with Crippen LogP contribution >= 0.6 is 11.9 Å². The Morgan fingerprint density at radius 3 is 2.33 bits per heavy atom. The fraction of sp³-hybridized carbons (Fsp3) is 0.0526. The summed E-state index contributed by atoms with van der Waals surface area (Å²) in [4.78, 5) is 15.9. The molecule has 27 heavy (non-hydrogen) atoms. The minimum atomic E-state index is -0.243. The molecule has 3 rings (SSSR count). The maximum Gasteiger partial charge on any atom is 0.271 e. The van der Waals surface area contributed by atoms with Gasteiger partial charge in [-0.15, -0.1) is 0 Å². The molecule has 0 unspecified atom stereocenters. The van der Waals surface area contributed by atoms with E-state index in [9.17, 15) is 4.79 Å². The lowest BCUT2D eigenvalue weighted by molar-refractivity contribution is 0.823. The van der Waals surface area contributed by atoms with Crippen LogP contribution in [0.2, 0.25) is 0 Å². The summed E-state index contributed by atoms with van der Waals surface area (Å²) in [5.41, 5.74) is 2.83. The van der Waals surface area contributed by atoms with Crippen LogP contribution in [0.25, 0.3) is 0 Å². The van der Waals surface area contributed by atoms with Gasteiger partial charge >= 0.3 is 0 Å². The van der Waals surface area contributed by atoms with Gasteiger partial charge < -0.3 is 21.3 Å². The molecule has 1 heterocycles. The summed E-state index contributed by atoms with van der Waals surface area (Å²) in [6.45, 7) is 0.484. The molecule has 3 aromatic rings. The van der Waals surface area contributed by atoms with E-state index in [-0.39, 0.29) is 16.5 Å². The quantitative estimate of drug-likeness (QED) is 0.375. The van der Waals surface area contributed by atoms with Gasteiger partial charge in [0.1, 0.15) is 5.69 Å². The Labute approximate surface area is 160 Å². The highest BCUT2D eigenvalue weighted by atomic mass is 32.2. The van der Waals surface area contributed by atoms with Crippen LogP contribution in [-0.4, -0.2) is 21.6 Å². The smallest absolute Gasteiger partial charge is 0.271 e. The van der Waals surface area contributed by atoms with E-state index >= 15 is 0 Å². The van der Waals surface area contributed by atoms with Gasteiger partial charge in [-0.3, -0.25) is 15.3 Å². The van der Waals surface area contributed by atoms with E-state index in [1.165, 1.54) is 11.9 Å².